The summed E-state index contributed by atoms with van der Waals surface area (Å²) in [6, 6.07) is 13.0. The molecule has 2 aromatic rings. The molecule has 0 saturated heterocycles. The number of amides is 2. The molecule has 2 amide bonds. The summed E-state index contributed by atoms with van der Waals surface area (Å²) in [5.74, 6) is 0.112. The fraction of sp³-hybridized carbons (Fsp3) is 0.263. The number of para-hydroxylation sites is 2. The SMILES string of the molecule is COc1ccccc1NC(=O)CN(C(C)=O)c1cc(C)ccc1C. The van der Waals surface area contributed by atoms with Crippen LogP contribution < -0.4 is 15.0 Å². The number of rotatable bonds is 5. The van der Waals surface area contributed by atoms with Crippen molar-refractivity contribution in [3.63, 3.8) is 0 Å². The Morgan fingerprint density at radius 2 is 1.83 bits per heavy atom. The van der Waals surface area contributed by atoms with Gasteiger partial charge in [0.1, 0.15) is 12.3 Å². The molecule has 0 atom stereocenters. The molecule has 5 heteroatoms. The first kappa shape index (κ1) is 17.5. The molecule has 0 unspecified atom stereocenters. The van der Waals surface area contributed by atoms with Crippen LogP contribution in [0.2, 0.25) is 0 Å². The van der Waals surface area contributed by atoms with Gasteiger partial charge in [-0.25, -0.2) is 0 Å². The maximum atomic E-state index is 12.4. The van der Waals surface area contributed by atoms with Crippen molar-refractivity contribution in [3.05, 3.63) is 53.6 Å². The van der Waals surface area contributed by atoms with Crippen molar-refractivity contribution >= 4 is 23.2 Å². The first-order valence-corrected chi connectivity index (χ1v) is 7.70. The predicted molar refractivity (Wildman–Crippen MR) is 95.6 cm³/mol. The van der Waals surface area contributed by atoms with Gasteiger partial charge in [0.05, 0.1) is 12.8 Å². The van der Waals surface area contributed by atoms with E-state index in [0.29, 0.717) is 11.4 Å². The molecule has 0 aromatic heterocycles. The Labute approximate surface area is 142 Å². The molecule has 2 aromatic carbocycles. The van der Waals surface area contributed by atoms with Gasteiger partial charge < -0.3 is 15.0 Å². The second kappa shape index (κ2) is 7.64. The third-order valence-corrected chi connectivity index (χ3v) is 3.72. The summed E-state index contributed by atoms with van der Waals surface area (Å²) in [5, 5.41) is 2.79. The topological polar surface area (TPSA) is 58.6 Å². The van der Waals surface area contributed by atoms with Gasteiger partial charge in [0.2, 0.25) is 11.8 Å². The molecule has 0 fully saturated rings. The Bertz CT molecular complexity index is 756. The van der Waals surface area contributed by atoms with Crippen molar-refractivity contribution in [2.24, 2.45) is 0 Å². The molecule has 24 heavy (non-hydrogen) atoms. The van der Waals surface area contributed by atoms with E-state index in [1.54, 1.807) is 19.2 Å². The van der Waals surface area contributed by atoms with Crippen molar-refractivity contribution in [3.8, 4) is 5.75 Å². The number of methoxy groups -OCH3 is 1. The third-order valence-electron chi connectivity index (χ3n) is 3.72. The summed E-state index contributed by atoms with van der Waals surface area (Å²) in [4.78, 5) is 25.9. The van der Waals surface area contributed by atoms with Crippen molar-refractivity contribution in [2.75, 3.05) is 23.9 Å². The van der Waals surface area contributed by atoms with Crippen molar-refractivity contribution in [1.29, 1.82) is 0 Å². The zero-order chi connectivity index (χ0) is 17.7. The predicted octanol–water partition coefficient (Wildman–Crippen LogP) is 3.30. The Hall–Kier alpha value is -2.82. The summed E-state index contributed by atoms with van der Waals surface area (Å²) in [7, 11) is 1.54. The van der Waals surface area contributed by atoms with Crippen molar-refractivity contribution < 1.29 is 14.3 Å². The van der Waals surface area contributed by atoms with Crippen LogP contribution in [0.3, 0.4) is 0 Å². The maximum absolute atomic E-state index is 12.4. The quantitative estimate of drug-likeness (QED) is 0.917. The van der Waals surface area contributed by atoms with E-state index < -0.39 is 0 Å². The lowest BCUT2D eigenvalue weighted by Gasteiger charge is -2.23. The van der Waals surface area contributed by atoms with Crippen LogP contribution in [-0.4, -0.2) is 25.5 Å². The van der Waals surface area contributed by atoms with E-state index >= 15 is 0 Å². The molecular formula is C19H22N2O3. The minimum absolute atomic E-state index is 0.0579. The van der Waals surface area contributed by atoms with Gasteiger partial charge in [-0.1, -0.05) is 24.3 Å². The number of benzene rings is 2. The van der Waals surface area contributed by atoms with E-state index in [-0.39, 0.29) is 18.4 Å². The van der Waals surface area contributed by atoms with E-state index in [1.807, 2.05) is 44.2 Å². The van der Waals surface area contributed by atoms with Crippen LogP contribution in [0.4, 0.5) is 11.4 Å². The Kier molecular flexibility index (Phi) is 5.58. The number of anilines is 2. The van der Waals surface area contributed by atoms with E-state index in [2.05, 4.69) is 5.32 Å². The van der Waals surface area contributed by atoms with Gasteiger partial charge in [-0.15, -0.1) is 0 Å². The molecular weight excluding hydrogens is 304 g/mol. The van der Waals surface area contributed by atoms with Crippen LogP contribution in [0.1, 0.15) is 18.1 Å². The Morgan fingerprint density at radius 3 is 2.50 bits per heavy atom. The molecule has 2 rings (SSSR count). The number of aryl methyl sites for hydroxylation is 2. The number of nitrogens with zero attached hydrogens (tertiary/aromatic N) is 1. The smallest absolute Gasteiger partial charge is 0.244 e. The molecule has 5 nitrogen and oxygen atoms in total. The number of carbonyl (C=O) groups excluding carboxylic acids is 2. The average molecular weight is 326 g/mol. The number of hydrogen-bond donors (Lipinski definition) is 1. The van der Waals surface area contributed by atoms with Crippen molar-refractivity contribution in [2.45, 2.75) is 20.8 Å². The molecule has 0 aliphatic rings. The van der Waals surface area contributed by atoms with Gasteiger partial charge >= 0.3 is 0 Å². The third kappa shape index (κ3) is 4.13. The standard InChI is InChI=1S/C19H22N2O3/c1-13-9-10-14(2)17(11-13)21(15(3)22)12-19(23)20-16-7-5-6-8-18(16)24-4/h5-11H,12H2,1-4H3,(H,20,23). The summed E-state index contributed by atoms with van der Waals surface area (Å²) < 4.78 is 5.22. The molecule has 0 heterocycles. The fourth-order valence-electron chi connectivity index (χ4n) is 2.46. The Balaban J connectivity index is 2.20. The second-order valence-corrected chi connectivity index (χ2v) is 5.64. The minimum Gasteiger partial charge on any atom is -0.495 e. The zero-order valence-corrected chi connectivity index (χ0v) is 14.4. The first-order chi connectivity index (χ1) is 11.4. The minimum atomic E-state index is -0.282. The van der Waals surface area contributed by atoms with Crippen LogP contribution in [0, 0.1) is 13.8 Å². The van der Waals surface area contributed by atoms with Crippen molar-refractivity contribution in [1.82, 2.24) is 0 Å². The number of nitrogens with one attached hydrogen (secondary N) is 1. The average Bonchev–Trinajstić information content (AvgIpc) is 2.55. The van der Waals surface area contributed by atoms with E-state index in [1.165, 1.54) is 11.8 Å². The van der Waals surface area contributed by atoms with E-state index in [4.69, 9.17) is 4.74 Å². The molecule has 0 saturated carbocycles. The highest BCUT2D eigenvalue weighted by molar-refractivity contribution is 6.02. The lowest BCUT2D eigenvalue weighted by molar-refractivity contribution is -0.120. The molecule has 1 N–H and O–H groups in total. The molecule has 0 aliphatic carbocycles. The lowest BCUT2D eigenvalue weighted by atomic mass is 10.1. The molecule has 0 radical (unpaired) electrons. The van der Waals surface area contributed by atoms with Crippen LogP contribution in [0.25, 0.3) is 0 Å². The maximum Gasteiger partial charge on any atom is 0.244 e. The van der Waals surface area contributed by atoms with Crippen LogP contribution in [0.15, 0.2) is 42.5 Å². The monoisotopic (exact) mass is 326 g/mol. The van der Waals surface area contributed by atoms with E-state index in [0.717, 1.165) is 16.8 Å². The van der Waals surface area contributed by atoms with Gasteiger partial charge in [-0.3, -0.25) is 9.59 Å². The highest BCUT2D eigenvalue weighted by atomic mass is 16.5. The van der Waals surface area contributed by atoms with Gasteiger partial charge in [0.25, 0.3) is 0 Å². The summed E-state index contributed by atoms with van der Waals surface area (Å²) in [6.45, 7) is 5.27. The normalized spacial score (nSPS) is 10.2. The lowest BCUT2D eigenvalue weighted by Crippen LogP contribution is -2.37. The summed E-state index contributed by atoms with van der Waals surface area (Å²) in [5.41, 5.74) is 3.31. The number of carbonyl (C=O) groups is 2. The second-order valence-electron chi connectivity index (χ2n) is 5.64. The van der Waals surface area contributed by atoms with E-state index in [9.17, 15) is 9.59 Å². The highest BCUT2D eigenvalue weighted by Gasteiger charge is 2.18. The van der Waals surface area contributed by atoms with Crippen LogP contribution in [0.5, 0.6) is 5.75 Å². The number of hydrogen-bond acceptors (Lipinski definition) is 3. The highest BCUT2D eigenvalue weighted by Crippen LogP contribution is 2.24. The van der Waals surface area contributed by atoms with Crippen LogP contribution >= 0.6 is 0 Å². The Morgan fingerprint density at radius 1 is 1.12 bits per heavy atom. The van der Waals surface area contributed by atoms with Crippen LogP contribution in [-0.2, 0) is 9.59 Å². The number of ether oxygens (including phenoxy) is 1. The van der Waals surface area contributed by atoms with Gasteiger partial charge in [0, 0.05) is 12.6 Å². The summed E-state index contributed by atoms with van der Waals surface area (Å²) >= 11 is 0. The van der Waals surface area contributed by atoms with Gasteiger partial charge in [-0.2, -0.15) is 0 Å². The van der Waals surface area contributed by atoms with Gasteiger partial charge in [-0.05, 0) is 43.2 Å². The molecule has 126 valence electrons. The molecule has 0 bridgehead atoms. The summed E-state index contributed by atoms with van der Waals surface area (Å²) in [6.07, 6.45) is 0. The fourth-order valence-corrected chi connectivity index (χ4v) is 2.46. The zero-order valence-electron chi connectivity index (χ0n) is 14.4. The van der Waals surface area contributed by atoms with Gasteiger partial charge in [0.15, 0.2) is 0 Å². The first-order valence-electron chi connectivity index (χ1n) is 7.70. The largest absolute Gasteiger partial charge is 0.495 e. The molecule has 0 aliphatic heterocycles. The molecule has 0 spiro atoms.